The van der Waals surface area contributed by atoms with Crippen LogP contribution < -0.4 is 4.52 Å². The van der Waals surface area contributed by atoms with Crippen LogP contribution in [0.2, 0.25) is 0 Å². The molecule has 1 aromatic rings. The summed E-state index contributed by atoms with van der Waals surface area (Å²) >= 11 is 0. The summed E-state index contributed by atoms with van der Waals surface area (Å²) in [6.45, 7) is 0. The molecule has 9 heteroatoms. The van der Waals surface area contributed by atoms with Crippen LogP contribution in [-0.2, 0) is 24.9 Å². The predicted molar refractivity (Wildman–Crippen MR) is 108 cm³/mol. The molecule has 0 amide bonds. The van der Waals surface area contributed by atoms with E-state index >= 15 is 0 Å². The molecule has 1 saturated heterocycles. The van der Waals surface area contributed by atoms with Crippen molar-refractivity contribution in [1.29, 1.82) is 5.26 Å². The number of allylic oxidation sites excluding steroid dienone is 1. The molecule has 0 aromatic heterocycles. The van der Waals surface area contributed by atoms with Crippen LogP contribution in [0.1, 0.15) is 62.5 Å². The molecule has 1 spiro atoms. The number of phosphoric ester groups is 1. The van der Waals surface area contributed by atoms with Gasteiger partial charge in [-0.15, -0.1) is 0 Å². The first-order chi connectivity index (χ1) is 14.8. The second kappa shape index (κ2) is 7.41. The number of nitrogens with zero attached hydrogens (tertiary/aromatic N) is 1. The fraction of sp³-hybridized carbons (Fsp3) is 0.591. The first kappa shape index (κ1) is 21.1. The summed E-state index contributed by atoms with van der Waals surface area (Å²) in [5.74, 6) is -1.04. The van der Waals surface area contributed by atoms with Crippen LogP contribution in [-0.4, -0.2) is 22.5 Å². The van der Waals surface area contributed by atoms with Gasteiger partial charge in [-0.05, 0) is 57.1 Å². The van der Waals surface area contributed by atoms with Crippen LogP contribution in [0.25, 0.3) is 0 Å². The molecule has 5 rings (SSSR count). The molecule has 1 aromatic carbocycles. The third-order valence-corrected chi connectivity index (χ3v) is 7.94. The summed E-state index contributed by atoms with van der Waals surface area (Å²) < 4.78 is 22.3. The van der Waals surface area contributed by atoms with Gasteiger partial charge in [0.1, 0.15) is 11.8 Å². The van der Waals surface area contributed by atoms with Gasteiger partial charge in [-0.1, -0.05) is 23.6 Å². The van der Waals surface area contributed by atoms with Crippen molar-refractivity contribution in [3.63, 3.8) is 0 Å². The van der Waals surface area contributed by atoms with E-state index in [4.69, 9.17) is 19.0 Å². The van der Waals surface area contributed by atoms with Crippen LogP contribution in [0.3, 0.4) is 0 Å². The molecule has 2 N–H and O–H groups in total. The molecule has 31 heavy (non-hydrogen) atoms. The Kier molecular flexibility index (Phi) is 5.06. The van der Waals surface area contributed by atoms with Crippen LogP contribution in [0, 0.1) is 23.2 Å². The smallest absolute Gasteiger partial charge is 0.403 e. The number of methoxy groups -OCH3 is 1. The van der Waals surface area contributed by atoms with Gasteiger partial charge < -0.3 is 9.26 Å². The Morgan fingerprint density at radius 1 is 1.19 bits per heavy atom. The van der Waals surface area contributed by atoms with Crippen molar-refractivity contribution in [2.24, 2.45) is 11.8 Å². The normalized spacial score (nSPS) is 34.6. The Hall–Kier alpha value is -1.72. The molecular weight excluding hydrogens is 421 g/mol. The minimum absolute atomic E-state index is 0.0220. The van der Waals surface area contributed by atoms with Gasteiger partial charge in [0.05, 0.1) is 5.56 Å². The van der Waals surface area contributed by atoms with Crippen molar-refractivity contribution in [2.75, 3.05) is 7.11 Å². The zero-order chi connectivity index (χ0) is 21.9. The summed E-state index contributed by atoms with van der Waals surface area (Å²) in [5, 5.41) is 9.36. The van der Waals surface area contributed by atoms with Gasteiger partial charge in [0.25, 0.3) is 5.79 Å². The van der Waals surface area contributed by atoms with E-state index in [0.29, 0.717) is 5.56 Å². The van der Waals surface area contributed by atoms with E-state index < -0.39 is 19.2 Å². The maximum Gasteiger partial charge on any atom is 0.524 e. The number of benzene rings is 1. The molecule has 4 unspecified atom stereocenters. The van der Waals surface area contributed by atoms with E-state index in [-0.39, 0.29) is 23.1 Å². The minimum atomic E-state index is -4.85. The lowest BCUT2D eigenvalue weighted by Gasteiger charge is -2.65. The number of hydrogen-bond acceptors (Lipinski definition) is 6. The first-order valence-corrected chi connectivity index (χ1v) is 12.3. The van der Waals surface area contributed by atoms with E-state index in [9.17, 15) is 19.6 Å². The Morgan fingerprint density at radius 3 is 2.68 bits per heavy atom. The summed E-state index contributed by atoms with van der Waals surface area (Å²) in [4.78, 5) is 30.4. The maximum atomic E-state index is 11.5. The molecule has 2 bridgehead atoms. The Balaban J connectivity index is 1.62. The molecule has 1 aliphatic heterocycles. The van der Waals surface area contributed by atoms with Crippen LogP contribution in [0.4, 0.5) is 0 Å². The van der Waals surface area contributed by atoms with Gasteiger partial charge in [0.15, 0.2) is 5.60 Å². The van der Waals surface area contributed by atoms with Gasteiger partial charge in [-0.25, -0.2) is 9.45 Å². The van der Waals surface area contributed by atoms with Gasteiger partial charge in [0.2, 0.25) is 0 Å². The monoisotopic (exact) mass is 447 g/mol. The lowest BCUT2D eigenvalue weighted by Crippen LogP contribution is -2.74. The average molecular weight is 447 g/mol. The maximum absolute atomic E-state index is 11.5. The predicted octanol–water partition coefficient (Wildman–Crippen LogP) is 4.22. The number of fused-ring (bicyclic) bond motifs is 1. The Morgan fingerprint density at radius 2 is 2.00 bits per heavy atom. The lowest BCUT2D eigenvalue weighted by molar-refractivity contribution is -0.639. The number of rotatable bonds is 4. The molecule has 2 fully saturated rings. The second-order valence-electron chi connectivity index (χ2n) is 8.91. The standard InChI is InChI=1S/C22H26NO7P/c1-27-22(17-10-9-15(13-23)20(12-17)28-31(24,25)26)21(29-30-22)16-6-4-8-19(21)18-7-3-2-5-14(18)11-16/h9-10,12,16,19H,2-8,11H2,1H3,(H2,24,25,26). The van der Waals surface area contributed by atoms with E-state index in [0.717, 1.165) is 38.5 Å². The molecule has 4 atom stereocenters. The molecule has 0 radical (unpaired) electrons. The van der Waals surface area contributed by atoms with Gasteiger partial charge in [-0.2, -0.15) is 10.1 Å². The zero-order valence-corrected chi connectivity index (χ0v) is 18.3. The number of ether oxygens (including phenoxy) is 1. The Bertz CT molecular complexity index is 1020. The van der Waals surface area contributed by atoms with Crippen LogP contribution >= 0.6 is 7.82 Å². The van der Waals surface area contributed by atoms with Gasteiger partial charge in [0, 0.05) is 24.5 Å². The largest absolute Gasteiger partial charge is 0.524 e. The number of nitriles is 1. The lowest BCUT2D eigenvalue weighted by atomic mass is 9.53. The Labute approximate surface area is 180 Å². The van der Waals surface area contributed by atoms with Gasteiger partial charge in [-0.3, -0.25) is 9.79 Å². The molecule has 3 aliphatic carbocycles. The number of hydrogen-bond donors (Lipinski definition) is 2. The zero-order valence-electron chi connectivity index (χ0n) is 17.4. The molecular formula is C22H26NO7P. The molecule has 1 heterocycles. The highest BCUT2D eigenvalue weighted by molar-refractivity contribution is 7.46. The quantitative estimate of drug-likeness (QED) is 0.400. The van der Waals surface area contributed by atoms with Crippen molar-refractivity contribution in [1.82, 2.24) is 0 Å². The minimum Gasteiger partial charge on any atom is -0.403 e. The van der Waals surface area contributed by atoms with Crippen molar-refractivity contribution in [3.8, 4) is 11.8 Å². The molecule has 166 valence electrons. The highest BCUT2D eigenvalue weighted by atomic mass is 31.2. The molecule has 8 nitrogen and oxygen atoms in total. The highest BCUT2D eigenvalue weighted by Crippen LogP contribution is 2.67. The SMILES string of the molecule is COC1(c2ccc(C#N)c(OP(=O)(O)O)c2)OOC12C1CCCC2C2=C(CCCC2)C1. The first-order valence-electron chi connectivity index (χ1n) is 10.8. The van der Waals surface area contributed by atoms with Crippen molar-refractivity contribution in [2.45, 2.75) is 62.8 Å². The summed E-state index contributed by atoms with van der Waals surface area (Å²) in [7, 11) is -3.29. The fourth-order valence-electron chi connectivity index (χ4n) is 6.36. The topological polar surface area (TPSA) is 118 Å². The van der Waals surface area contributed by atoms with Crippen LogP contribution in [0.5, 0.6) is 5.75 Å². The molecule has 4 aliphatic rings. The van der Waals surface area contributed by atoms with Gasteiger partial charge >= 0.3 is 7.82 Å². The molecule has 1 saturated carbocycles. The average Bonchev–Trinajstić information content (AvgIpc) is 2.72. The van der Waals surface area contributed by atoms with E-state index in [1.54, 1.807) is 18.7 Å². The van der Waals surface area contributed by atoms with E-state index in [2.05, 4.69) is 0 Å². The number of phosphoric acid groups is 1. The summed E-state index contributed by atoms with van der Waals surface area (Å²) in [5.41, 5.74) is 2.89. The summed E-state index contributed by atoms with van der Waals surface area (Å²) in [6, 6.07) is 6.51. The van der Waals surface area contributed by atoms with Crippen LogP contribution in [0.15, 0.2) is 29.3 Å². The van der Waals surface area contributed by atoms with Crippen molar-refractivity contribution in [3.05, 3.63) is 40.5 Å². The third-order valence-electron chi connectivity index (χ3n) is 7.51. The third kappa shape index (κ3) is 3.03. The summed E-state index contributed by atoms with van der Waals surface area (Å²) in [6.07, 6.45) is 8.70. The van der Waals surface area contributed by atoms with Crippen molar-refractivity contribution >= 4 is 7.82 Å². The van der Waals surface area contributed by atoms with E-state index in [1.165, 1.54) is 30.5 Å². The highest BCUT2D eigenvalue weighted by Gasteiger charge is 2.75. The van der Waals surface area contributed by atoms with Crippen molar-refractivity contribution < 1.29 is 33.4 Å². The second-order valence-corrected chi connectivity index (χ2v) is 10.1. The van der Waals surface area contributed by atoms with E-state index in [1.807, 2.05) is 6.07 Å². The fourth-order valence-corrected chi connectivity index (χ4v) is 6.76.